The number of rotatable bonds is 8. The normalized spacial score (nSPS) is 19.4. The van der Waals surface area contributed by atoms with Gasteiger partial charge < -0.3 is 19.7 Å². The lowest BCUT2D eigenvalue weighted by molar-refractivity contribution is -0.123. The minimum absolute atomic E-state index is 0.0676. The van der Waals surface area contributed by atoms with Gasteiger partial charge in [0.2, 0.25) is 5.91 Å². The molecule has 2 atom stereocenters. The number of hydrogen-bond donors (Lipinski definition) is 1. The molecule has 0 bridgehead atoms. The van der Waals surface area contributed by atoms with Crippen molar-refractivity contribution in [3.63, 3.8) is 0 Å². The minimum Gasteiger partial charge on any atom is -0.497 e. The van der Waals surface area contributed by atoms with Crippen LogP contribution in [0.4, 0.5) is 4.79 Å². The Labute approximate surface area is 250 Å². The molecule has 0 aromatic heterocycles. The van der Waals surface area contributed by atoms with Crippen LogP contribution in [0.3, 0.4) is 0 Å². The zero-order valence-corrected chi connectivity index (χ0v) is 25.1. The third kappa shape index (κ3) is 6.94. The fraction of sp³-hybridized carbons (Fsp3) is 0.323. The van der Waals surface area contributed by atoms with E-state index in [-0.39, 0.29) is 24.6 Å². The van der Waals surface area contributed by atoms with Gasteiger partial charge in [0.15, 0.2) is 0 Å². The van der Waals surface area contributed by atoms with Gasteiger partial charge in [-0.05, 0) is 62.2 Å². The molecular weight excluding hydrogens is 563 g/mol. The number of amidine groups is 1. The van der Waals surface area contributed by atoms with E-state index in [1.807, 2.05) is 45.0 Å². The van der Waals surface area contributed by atoms with Crippen LogP contribution >= 0.6 is 23.2 Å². The van der Waals surface area contributed by atoms with Crippen LogP contribution in [-0.4, -0.2) is 66.5 Å². The zero-order chi connectivity index (χ0) is 29.7. The molecule has 1 saturated heterocycles. The lowest BCUT2D eigenvalue weighted by Crippen LogP contribution is -2.56. The number of carbonyl (C=O) groups excluding carboxylic acids is 2. The first-order valence-electron chi connectivity index (χ1n) is 13.3. The molecule has 0 spiro atoms. The van der Waals surface area contributed by atoms with Gasteiger partial charge in [-0.25, -0.2) is 4.79 Å². The molecule has 0 radical (unpaired) electrons. The summed E-state index contributed by atoms with van der Waals surface area (Å²) in [6.45, 7) is 10.7. The van der Waals surface area contributed by atoms with Crippen LogP contribution in [0.15, 0.2) is 82.9 Å². The molecule has 41 heavy (non-hydrogen) atoms. The summed E-state index contributed by atoms with van der Waals surface area (Å²) in [4.78, 5) is 34.9. The highest BCUT2D eigenvalue weighted by Gasteiger charge is 2.45. The average molecular weight is 598 g/mol. The molecule has 1 N–H and O–H groups in total. The lowest BCUT2D eigenvalue weighted by atomic mass is 9.94. The van der Waals surface area contributed by atoms with Crippen LogP contribution in [0, 0.1) is 0 Å². The predicted octanol–water partition coefficient (Wildman–Crippen LogP) is 6.11. The van der Waals surface area contributed by atoms with Gasteiger partial charge >= 0.3 is 6.03 Å². The third-order valence-electron chi connectivity index (χ3n) is 6.68. The van der Waals surface area contributed by atoms with E-state index in [9.17, 15) is 9.59 Å². The van der Waals surface area contributed by atoms with Crippen molar-refractivity contribution in [2.24, 2.45) is 4.99 Å². The molecule has 8 nitrogen and oxygen atoms in total. The molecule has 2 aliphatic rings. The van der Waals surface area contributed by atoms with Crippen LogP contribution in [-0.2, 0) is 4.79 Å². The van der Waals surface area contributed by atoms with Crippen molar-refractivity contribution < 1.29 is 19.1 Å². The molecule has 0 unspecified atom stereocenters. The van der Waals surface area contributed by atoms with Crippen LogP contribution in [0.5, 0.6) is 11.5 Å². The molecular formula is C31H34Cl2N4O4. The Morgan fingerprint density at radius 3 is 2.66 bits per heavy atom. The predicted molar refractivity (Wildman–Crippen MR) is 163 cm³/mol. The first kappa shape index (κ1) is 30.2. The van der Waals surface area contributed by atoms with Crippen LogP contribution in [0.2, 0.25) is 5.02 Å². The quantitative estimate of drug-likeness (QED) is 0.372. The molecule has 3 amide bonds. The molecule has 4 rings (SSSR count). The number of nitrogens with zero attached hydrogens (tertiary/aromatic N) is 3. The molecule has 216 valence electrons. The van der Waals surface area contributed by atoms with Crippen molar-refractivity contribution in [2.45, 2.75) is 39.0 Å². The van der Waals surface area contributed by atoms with Crippen LogP contribution < -0.4 is 14.8 Å². The van der Waals surface area contributed by atoms with Crippen molar-refractivity contribution in [1.82, 2.24) is 15.1 Å². The van der Waals surface area contributed by atoms with Gasteiger partial charge in [0.05, 0.1) is 24.8 Å². The minimum atomic E-state index is -0.646. The Balaban J connectivity index is 1.93. The van der Waals surface area contributed by atoms with E-state index in [0.717, 1.165) is 5.56 Å². The number of ether oxygens (including phenoxy) is 2. The van der Waals surface area contributed by atoms with Crippen molar-refractivity contribution in [3.8, 4) is 11.5 Å². The van der Waals surface area contributed by atoms with Gasteiger partial charge in [-0.15, -0.1) is 0 Å². The molecule has 10 heteroatoms. The second kappa shape index (κ2) is 13.3. The largest absolute Gasteiger partial charge is 0.497 e. The summed E-state index contributed by atoms with van der Waals surface area (Å²) >= 11 is 12.7. The smallest absolute Gasteiger partial charge is 0.326 e. The number of amides is 3. The molecule has 2 heterocycles. The maximum atomic E-state index is 14.3. The highest BCUT2D eigenvalue weighted by molar-refractivity contribution is 6.31. The van der Waals surface area contributed by atoms with Crippen molar-refractivity contribution in [1.29, 1.82) is 0 Å². The van der Waals surface area contributed by atoms with E-state index < -0.39 is 12.1 Å². The summed E-state index contributed by atoms with van der Waals surface area (Å²) < 4.78 is 11.6. The Bertz CT molecular complexity index is 1420. The van der Waals surface area contributed by atoms with Crippen molar-refractivity contribution >= 4 is 41.0 Å². The van der Waals surface area contributed by atoms with E-state index in [2.05, 4.69) is 11.9 Å². The average Bonchev–Trinajstić information content (AvgIpc) is 3.35. The molecule has 2 aliphatic heterocycles. The molecule has 0 saturated carbocycles. The van der Waals surface area contributed by atoms with Gasteiger partial charge in [0.25, 0.3) is 0 Å². The fourth-order valence-electron chi connectivity index (χ4n) is 4.76. The maximum absolute atomic E-state index is 14.3. The number of allylic oxidation sites excluding steroid dienone is 3. The number of nitrogens with one attached hydrogen (secondary N) is 1. The van der Waals surface area contributed by atoms with E-state index in [1.54, 1.807) is 48.4 Å². The van der Waals surface area contributed by atoms with Gasteiger partial charge in [-0.3, -0.25) is 14.7 Å². The van der Waals surface area contributed by atoms with Gasteiger partial charge in [-0.2, -0.15) is 0 Å². The SMILES string of the molecule is C=C(/C=C\C(Cl)=C/C)[C@@H]1[C@H](c2cccc(Cl)c2)N=C(c2ccc(OC)cc2OC(C)C)N1C(=O)N1CCNC(=O)C1. The third-order valence-corrected chi connectivity index (χ3v) is 7.26. The summed E-state index contributed by atoms with van der Waals surface area (Å²) in [5, 5.41) is 3.85. The topological polar surface area (TPSA) is 83.5 Å². The number of hydrogen-bond acceptors (Lipinski definition) is 5. The number of carbonyl (C=O) groups is 2. The molecule has 0 aliphatic carbocycles. The number of methoxy groups -OCH3 is 1. The van der Waals surface area contributed by atoms with E-state index in [4.69, 9.17) is 37.7 Å². The van der Waals surface area contributed by atoms with Gasteiger partial charge in [-0.1, -0.05) is 54.1 Å². The highest BCUT2D eigenvalue weighted by atomic mass is 35.5. The maximum Gasteiger partial charge on any atom is 0.326 e. The summed E-state index contributed by atoms with van der Waals surface area (Å²) in [7, 11) is 1.58. The monoisotopic (exact) mass is 596 g/mol. The van der Waals surface area contributed by atoms with Crippen LogP contribution in [0.25, 0.3) is 0 Å². The molecule has 1 fully saturated rings. The number of piperazine rings is 1. The standard InChI is InChI=1S/C31H34Cl2N4O4/c1-6-22(32)11-10-20(4)29-28(21-8-7-9-23(33)16-21)35-30(37(29)31(39)36-15-14-34-27(38)18-36)25-13-12-24(40-5)17-26(25)41-19(2)3/h6-13,16-17,19,28-29H,4,14-15,18H2,1-3,5H3,(H,34,38)/b11-10-,22-6+/t28-,29+/m0/s1. The summed E-state index contributed by atoms with van der Waals surface area (Å²) in [6, 6.07) is 11.2. The first-order valence-corrected chi connectivity index (χ1v) is 14.1. The van der Waals surface area contributed by atoms with E-state index >= 15 is 0 Å². The van der Waals surface area contributed by atoms with Gasteiger partial charge in [0, 0.05) is 29.2 Å². The fourth-order valence-corrected chi connectivity index (χ4v) is 5.03. The molecule has 2 aromatic carbocycles. The van der Waals surface area contributed by atoms with Crippen molar-refractivity contribution in [2.75, 3.05) is 26.7 Å². The molecule has 2 aromatic rings. The van der Waals surface area contributed by atoms with E-state index in [0.29, 0.717) is 51.6 Å². The van der Waals surface area contributed by atoms with Gasteiger partial charge in [0.1, 0.15) is 29.9 Å². The van der Waals surface area contributed by atoms with E-state index in [1.165, 1.54) is 4.90 Å². The Morgan fingerprint density at radius 2 is 2.00 bits per heavy atom. The Hall–Kier alpha value is -3.75. The summed E-state index contributed by atoms with van der Waals surface area (Å²) in [5.74, 6) is 1.28. The number of aliphatic imine (C=N–C) groups is 1. The highest BCUT2D eigenvalue weighted by Crippen LogP contribution is 2.41. The van der Waals surface area contributed by atoms with Crippen molar-refractivity contribution in [3.05, 3.63) is 94.0 Å². The zero-order valence-electron chi connectivity index (χ0n) is 23.6. The summed E-state index contributed by atoms with van der Waals surface area (Å²) in [5.41, 5.74) is 2.01. The number of halogens is 2. The van der Waals surface area contributed by atoms with Crippen LogP contribution in [0.1, 0.15) is 37.9 Å². The Kier molecular flexibility index (Phi) is 9.78. The second-order valence-corrected chi connectivity index (χ2v) is 10.8. The lowest BCUT2D eigenvalue weighted by Gasteiger charge is -2.36. The summed E-state index contributed by atoms with van der Waals surface area (Å²) in [6.07, 6.45) is 5.12. The second-order valence-electron chi connectivity index (χ2n) is 9.93. The number of urea groups is 1. The Morgan fingerprint density at radius 1 is 1.22 bits per heavy atom. The number of benzene rings is 2. The first-order chi connectivity index (χ1) is 19.6.